The van der Waals surface area contributed by atoms with E-state index in [0.717, 1.165) is 10.5 Å². The van der Waals surface area contributed by atoms with Crippen LogP contribution in [0, 0.1) is 6.92 Å². The number of carbonyl (C=O) groups is 4. The first-order valence-corrected chi connectivity index (χ1v) is 9.46. The first-order chi connectivity index (χ1) is 14.9. The summed E-state index contributed by atoms with van der Waals surface area (Å²) >= 11 is 0. The Morgan fingerprint density at radius 3 is 2.42 bits per heavy atom. The molecule has 8 nitrogen and oxygen atoms in total. The molecule has 0 saturated carbocycles. The monoisotopic (exact) mass is 419 g/mol. The number of amides is 5. The number of aryl methyl sites for hydroxylation is 1. The van der Waals surface area contributed by atoms with E-state index in [1.54, 1.807) is 24.3 Å². The lowest BCUT2D eigenvalue weighted by molar-refractivity contribution is -0.129. The lowest BCUT2D eigenvalue weighted by Gasteiger charge is -2.25. The van der Waals surface area contributed by atoms with Crippen LogP contribution < -0.4 is 15.4 Å². The highest BCUT2D eigenvalue weighted by Gasteiger charge is 2.34. The van der Waals surface area contributed by atoms with Crippen LogP contribution in [0.2, 0.25) is 0 Å². The number of barbiturate groups is 1. The summed E-state index contributed by atoms with van der Waals surface area (Å²) in [6.45, 7) is 5.28. The van der Waals surface area contributed by atoms with Crippen molar-refractivity contribution in [1.82, 2.24) is 10.2 Å². The van der Waals surface area contributed by atoms with E-state index in [1.165, 1.54) is 12.2 Å². The van der Waals surface area contributed by atoms with E-state index >= 15 is 0 Å². The lowest BCUT2D eigenvalue weighted by atomic mass is 10.1. The second kappa shape index (κ2) is 9.53. The first-order valence-electron chi connectivity index (χ1n) is 9.46. The van der Waals surface area contributed by atoms with Gasteiger partial charge < -0.3 is 10.1 Å². The average molecular weight is 419 g/mol. The fourth-order valence-electron chi connectivity index (χ4n) is 2.80. The lowest BCUT2D eigenvalue weighted by Crippen LogP contribution is -2.54. The molecule has 0 atom stereocenters. The Morgan fingerprint density at radius 1 is 1.10 bits per heavy atom. The van der Waals surface area contributed by atoms with Gasteiger partial charge in [-0.15, -0.1) is 6.58 Å². The molecule has 2 N–H and O–H groups in total. The number of carbonyl (C=O) groups excluding carboxylic acids is 4. The minimum absolute atomic E-state index is 0.00723. The van der Waals surface area contributed by atoms with E-state index in [9.17, 15) is 19.2 Å². The highest BCUT2D eigenvalue weighted by molar-refractivity contribution is 6.31. The number of imide groups is 2. The molecule has 0 bridgehead atoms. The fraction of sp³-hybridized carbons (Fsp3) is 0.130. The van der Waals surface area contributed by atoms with Crippen molar-refractivity contribution in [2.75, 3.05) is 18.5 Å². The number of nitrogens with zero attached hydrogens (tertiary/aromatic N) is 1. The minimum Gasteiger partial charge on any atom is -0.484 e. The van der Waals surface area contributed by atoms with E-state index < -0.39 is 17.8 Å². The molecule has 0 spiro atoms. The molecule has 2 aromatic rings. The number of benzene rings is 2. The molecule has 0 radical (unpaired) electrons. The first kappa shape index (κ1) is 21.5. The number of hydrogen-bond acceptors (Lipinski definition) is 5. The third kappa shape index (κ3) is 5.45. The summed E-state index contributed by atoms with van der Waals surface area (Å²) in [5, 5.41) is 4.86. The van der Waals surface area contributed by atoms with Gasteiger partial charge in [0.2, 0.25) is 0 Å². The van der Waals surface area contributed by atoms with Crippen molar-refractivity contribution >= 4 is 35.5 Å². The zero-order valence-corrected chi connectivity index (χ0v) is 16.9. The predicted molar refractivity (Wildman–Crippen MR) is 115 cm³/mol. The number of ether oxygens (including phenoxy) is 1. The van der Waals surface area contributed by atoms with Crippen LogP contribution in [0.25, 0.3) is 6.08 Å². The summed E-state index contributed by atoms with van der Waals surface area (Å²) in [5.74, 6) is -1.30. The summed E-state index contributed by atoms with van der Waals surface area (Å²) < 4.78 is 5.47. The number of urea groups is 1. The molecule has 1 aliphatic rings. The molecule has 31 heavy (non-hydrogen) atoms. The molecule has 2 aromatic carbocycles. The van der Waals surface area contributed by atoms with Gasteiger partial charge in [-0.1, -0.05) is 35.9 Å². The van der Waals surface area contributed by atoms with Crippen LogP contribution in [-0.2, 0) is 14.4 Å². The van der Waals surface area contributed by atoms with Gasteiger partial charge in [-0.25, -0.2) is 4.79 Å². The summed E-state index contributed by atoms with van der Waals surface area (Å²) in [6, 6.07) is 13.1. The Balaban J connectivity index is 1.61. The Morgan fingerprint density at radius 2 is 1.77 bits per heavy atom. The van der Waals surface area contributed by atoms with Crippen molar-refractivity contribution in [3.8, 4) is 5.75 Å². The topological polar surface area (TPSA) is 105 Å². The third-order valence-corrected chi connectivity index (χ3v) is 4.39. The van der Waals surface area contributed by atoms with Crippen molar-refractivity contribution < 1.29 is 23.9 Å². The molecule has 5 amide bonds. The number of rotatable bonds is 7. The van der Waals surface area contributed by atoms with Crippen LogP contribution in [0.5, 0.6) is 5.75 Å². The smallest absolute Gasteiger partial charge is 0.331 e. The maximum Gasteiger partial charge on any atom is 0.331 e. The molecule has 158 valence electrons. The Labute approximate surface area is 179 Å². The summed E-state index contributed by atoms with van der Waals surface area (Å²) in [4.78, 5) is 49.1. The van der Waals surface area contributed by atoms with Crippen LogP contribution in [0.4, 0.5) is 10.5 Å². The molecule has 1 saturated heterocycles. The largest absolute Gasteiger partial charge is 0.484 e. The van der Waals surface area contributed by atoms with Crippen LogP contribution >= 0.6 is 0 Å². The van der Waals surface area contributed by atoms with Crippen LogP contribution in [0.15, 0.2) is 66.8 Å². The molecular formula is C23H21N3O5. The Kier molecular flexibility index (Phi) is 6.61. The van der Waals surface area contributed by atoms with Crippen molar-refractivity contribution in [3.63, 3.8) is 0 Å². The highest BCUT2D eigenvalue weighted by atomic mass is 16.5. The van der Waals surface area contributed by atoms with E-state index in [0.29, 0.717) is 17.0 Å². The van der Waals surface area contributed by atoms with Crippen molar-refractivity contribution in [2.45, 2.75) is 6.92 Å². The maximum atomic E-state index is 12.4. The minimum atomic E-state index is -0.778. The summed E-state index contributed by atoms with van der Waals surface area (Å²) in [7, 11) is 0. The normalized spacial score (nSPS) is 14.9. The van der Waals surface area contributed by atoms with Crippen molar-refractivity contribution in [1.29, 1.82) is 0 Å². The SMILES string of the molecule is C=CCN1C(=O)NC(=O)/C(=C/c2ccc(OCC(=O)Nc3ccc(C)cc3)cc2)C1=O. The Hall–Kier alpha value is -4.20. The van der Waals surface area contributed by atoms with Gasteiger partial charge in [-0.2, -0.15) is 0 Å². The number of anilines is 1. The molecule has 3 rings (SSSR count). The third-order valence-electron chi connectivity index (χ3n) is 4.39. The van der Waals surface area contributed by atoms with Gasteiger partial charge in [0.25, 0.3) is 17.7 Å². The second-order valence-electron chi connectivity index (χ2n) is 6.79. The molecule has 0 unspecified atom stereocenters. The van der Waals surface area contributed by atoms with Crippen LogP contribution in [0.3, 0.4) is 0 Å². The summed E-state index contributed by atoms with van der Waals surface area (Å²) in [6.07, 6.45) is 2.78. The van der Waals surface area contributed by atoms with Crippen LogP contribution in [-0.4, -0.2) is 41.8 Å². The summed E-state index contributed by atoms with van der Waals surface area (Å²) in [5.41, 5.74) is 2.17. The second-order valence-corrected chi connectivity index (χ2v) is 6.79. The van der Waals surface area contributed by atoms with Gasteiger partial charge in [-0.05, 0) is 42.8 Å². The Bertz CT molecular complexity index is 1060. The van der Waals surface area contributed by atoms with E-state index in [2.05, 4.69) is 17.2 Å². The number of nitrogens with one attached hydrogen (secondary N) is 2. The molecule has 8 heteroatoms. The standard InChI is InChI=1S/C23H21N3O5/c1-3-12-26-22(29)19(21(28)25-23(26)30)13-16-6-10-18(11-7-16)31-14-20(27)24-17-8-4-15(2)5-9-17/h3-11,13H,1,12,14H2,2H3,(H,24,27)(H,25,28,30)/b19-13-. The molecule has 0 aromatic heterocycles. The fourth-order valence-corrected chi connectivity index (χ4v) is 2.80. The number of hydrogen-bond donors (Lipinski definition) is 2. The van der Waals surface area contributed by atoms with Gasteiger partial charge >= 0.3 is 6.03 Å². The average Bonchev–Trinajstić information content (AvgIpc) is 2.75. The molecule has 1 fully saturated rings. The molecule has 0 aliphatic carbocycles. The van der Waals surface area contributed by atoms with E-state index in [-0.39, 0.29) is 24.6 Å². The molecular weight excluding hydrogens is 398 g/mol. The van der Waals surface area contributed by atoms with Gasteiger partial charge in [0, 0.05) is 12.2 Å². The van der Waals surface area contributed by atoms with Gasteiger partial charge in [0.15, 0.2) is 6.61 Å². The van der Waals surface area contributed by atoms with E-state index in [1.807, 2.05) is 31.2 Å². The van der Waals surface area contributed by atoms with Crippen LogP contribution in [0.1, 0.15) is 11.1 Å². The maximum absolute atomic E-state index is 12.4. The zero-order chi connectivity index (χ0) is 22.4. The highest BCUT2D eigenvalue weighted by Crippen LogP contribution is 2.18. The quantitative estimate of drug-likeness (QED) is 0.408. The molecule has 1 aliphatic heterocycles. The molecule has 1 heterocycles. The van der Waals surface area contributed by atoms with Gasteiger partial charge in [-0.3, -0.25) is 24.6 Å². The predicted octanol–water partition coefficient (Wildman–Crippen LogP) is 2.66. The van der Waals surface area contributed by atoms with E-state index in [4.69, 9.17) is 4.74 Å². The van der Waals surface area contributed by atoms with Gasteiger partial charge in [0.05, 0.1) is 0 Å². The van der Waals surface area contributed by atoms with Crippen molar-refractivity contribution in [2.24, 2.45) is 0 Å². The zero-order valence-electron chi connectivity index (χ0n) is 16.9. The van der Waals surface area contributed by atoms with Gasteiger partial charge in [0.1, 0.15) is 11.3 Å². The van der Waals surface area contributed by atoms with Crippen molar-refractivity contribution in [3.05, 3.63) is 77.9 Å².